The van der Waals surface area contributed by atoms with Crippen LogP contribution in [0.25, 0.3) is 0 Å². The fourth-order valence-electron chi connectivity index (χ4n) is 2.35. The monoisotopic (exact) mass is 343 g/mol. The number of likely N-dealkylation sites (tertiary alicyclic amines) is 1. The molecule has 108 valence electrons. The Morgan fingerprint density at radius 1 is 1.40 bits per heavy atom. The molecule has 1 aliphatic heterocycles. The van der Waals surface area contributed by atoms with Crippen LogP contribution in [0.2, 0.25) is 0 Å². The molecule has 1 fully saturated rings. The van der Waals surface area contributed by atoms with E-state index in [0.717, 1.165) is 12.8 Å². The van der Waals surface area contributed by atoms with Gasteiger partial charge < -0.3 is 9.64 Å². The molecule has 4 nitrogen and oxygen atoms in total. The van der Waals surface area contributed by atoms with Crippen LogP contribution in [0.4, 0.5) is 4.39 Å². The smallest absolute Gasteiger partial charge is 0.328 e. The Balaban J connectivity index is 2.25. The van der Waals surface area contributed by atoms with Crippen LogP contribution >= 0.6 is 15.9 Å². The summed E-state index contributed by atoms with van der Waals surface area (Å²) >= 11 is 3.05. The van der Waals surface area contributed by atoms with Gasteiger partial charge in [-0.05, 0) is 53.4 Å². The Morgan fingerprint density at radius 2 is 2.15 bits per heavy atom. The van der Waals surface area contributed by atoms with Crippen LogP contribution < -0.4 is 0 Å². The van der Waals surface area contributed by atoms with Gasteiger partial charge in [0, 0.05) is 12.1 Å². The summed E-state index contributed by atoms with van der Waals surface area (Å²) in [5.41, 5.74) is 0.238. The van der Waals surface area contributed by atoms with Gasteiger partial charge in [-0.15, -0.1) is 0 Å². The van der Waals surface area contributed by atoms with Gasteiger partial charge in [-0.25, -0.2) is 9.18 Å². The minimum absolute atomic E-state index is 0.238. The van der Waals surface area contributed by atoms with Crippen molar-refractivity contribution in [3.63, 3.8) is 0 Å². The highest BCUT2D eigenvalue weighted by Crippen LogP contribution is 2.23. The van der Waals surface area contributed by atoms with Crippen molar-refractivity contribution < 1.29 is 18.7 Å². The van der Waals surface area contributed by atoms with Gasteiger partial charge in [0.15, 0.2) is 0 Å². The largest absolute Gasteiger partial charge is 0.467 e. The molecule has 0 aromatic heterocycles. The van der Waals surface area contributed by atoms with Gasteiger partial charge in [0.1, 0.15) is 11.9 Å². The molecular formula is C14H15BrFNO3. The molecule has 0 bridgehead atoms. The van der Waals surface area contributed by atoms with Gasteiger partial charge in [0.2, 0.25) is 0 Å². The predicted octanol–water partition coefficient (Wildman–Crippen LogP) is 2.76. The molecule has 6 heteroatoms. The Hall–Kier alpha value is -1.43. The van der Waals surface area contributed by atoms with Crippen LogP contribution in [0.5, 0.6) is 0 Å². The lowest BCUT2D eigenvalue weighted by Gasteiger charge is -2.33. The van der Waals surface area contributed by atoms with Gasteiger partial charge in [0.05, 0.1) is 11.6 Å². The molecule has 0 spiro atoms. The van der Waals surface area contributed by atoms with Gasteiger partial charge in [-0.3, -0.25) is 4.79 Å². The van der Waals surface area contributed by atoms with Crippen LogP contribution in [0, 0.1) is 5.82 Å². The summed E-state index contributed by atoms with van der Waals surface area (Å²) in [6.45, 7) is 0.482. The molecule has 2 rings (SSSR count). The van der Waals surface area contributed by atoms with E-state index in [9.17, 15) is 14.0 Å². The van der Waals surface area contributed by atoms with Gasteiger partial charge in [-0.1, -0.05) is 0 Å². The number of ether oxygens (including phenoxy) is 1. The summed E-state index contributed by atoms with van der Waals surface area (Å²) in [5, 5.41) is 0. The highest BCUT2D eigenvalue weighted by Gasteiger charge is 2.33. The van der Waals surface area contributed by atoms with Gasteiger partial charge in [0.25, 0.3) is 5.91 Å². The second-order valence-corrected chi connectivity index (χ2v) is 5.52. The standard InChI is InChI=1S/C14H15BrFNO3/c1-20-14(19)12-4-2-3-7-17(12)13(18)9-5-6-10(15)11(16)8-9/h5-6,8,12H,2-4,7H2,1H3. The number of piperidine rings is 1. The fraction of sp³-hybridized carbons (Fsp3) is 0.429. The molecule has 0 N–H and O–H groups in total. The molecule has 1 aromatic carbocycles. The van der Waals surface area contributed by atoms with E-state index < -0.39 is 17.8 Å². The van der Waals surface area contributed by atoms with E-state index in [1.807, 2.05) is 0 Å². The van der Waals surface area contributed by atoms with Crippen molar-refractivity contribution in [1.82, 2.24) is 4.90 Å². The second-order valence-electron chi connectivity index (χ2n) is 4.66. The van der Waals surface area contributed by atoms with E-state index in [2.05, 4.69) is 15.9 Å². The van der Waals surface area contributed by atoms with Gasteiger partial charge in [-0.2, -0.15) is 0 Å². The normalized spacial score (nSPS) is 18.8. The maximum atomic E-state index is 13.5. The maximum absolute atomic E-state index is 13.5. The molecule has 20 heavy (non-hydrogen) atoms. The first-order valence-electron chi connectivity index (χ1n) is 6.38. The zero-order valence-electron chi connectivity index (χ0n) is 11.1. The lowest BCUT2D eigenvalue weighted by molar-refractivity contribution is -0.147. The number of hydrogen-bond acceptors (Lipinski definition) is 3. The quantitative estimate of drug-likeness (QED) is 0.775. The molecule has 1 amide bonds. The van der Waals surface area contributed by atoms with E-state index in [4.69, 9.17) is 4.74 Å². The number of esters is 1. The topological polar surface area (TPSA) is 46.6 Å². The van der Waals surface area contributed by atoms with Crippen molar-refractivity contribution in [1.29, 1.82) is 0 Å². The third-order valence-electron chi connectivity index (χ3n) is 3.40. The first-order valence-corrected chi connectivity index (χ1v) is 7.17. The average molecular weight is 344 g/mol. The number of hydrogen-bond donors (Lipinski definition) is 0. The van der Waals surface area contributed by atoms with Crippen LogP contribution in [0.1, 0.15) is 29.6 Å². The maximum Gasteiger partial charge on any atom is 0.328 e. The third-order valence-corrected chi connectivity index (χ3v) is 4.05. The first kappa shape index (κ1) is 15.0. The number of methoxy groups -OCH3 is 1. The molecule has 1 unspecified atom stereocenters. The zero-order valence-corrected chi connectivity index (χ0v) is 12.7. The van der Waals surface area contributed by atoms with E-state index in [-0.39, 0.29) is 11.5 Å². The molecule has 1 aromatic rings. The van der Waals surface area contributed by atoms with Crippen molar-refractivity contribution in [2.24, 2.45) is 0 Å². The van der Waals surface area contributed by atoms with Crippen molar-refractivity contribution in [2.45, 2.75) is 25.3 Å². The predicted molar refractivity (Wildman–Crippen MR) is 74.8 cm³/mol. The molecule has 1 heterocycles. The SMILES string of the molecule is COC(=O)C1CCCCN1C(=O)c1ccc(Br)c(F)c1. The molecule has 0 aliphatic carbocycles. The summed E-state index contributed by atoms with van der Waals surface area (Å²) in [4.78, 5) is 25.6. The Bertz CT molecular complexity index is 535. The minimum atomic E-state index is -0.576. The summed E-state index contributed by atoms with van der Waals surface area (Å²) < 4.78 is 18.6. The van der Waals surface area contributed by atoms with Crippen LogP contribution in [0.3, 0.4) is 0 Å². The number of halogens is 2. The van der Waals surface area contributed by atoms with Crippen LogP contribution in [-0.4, -0.2) is 36.5 Å². The minimum Gasteiger partial charge on any atom is -0.467 e. The Kier molecular flexibility index (Phi) is 4.75. The number of nitrogens with zero attached hydrogens (tertiary/aromatic N) is 1. The van der Waals surface area contributed by atoms with E-state index in [0.29, 0.717) is 17.4 Å². The van der Waals surface area contributed by atoms with E-state index in [1.54, 1.807) is 6.07 Å². The second kappa shape index (κ2) is 6.35. The van der Waals surface area contributed by atoms with Crippen molar-refractivity contribution in [3.8, 4) is 0 Å². The highest BCUT2D eigenvalue weighted by molar-refractivity contribution is 9.10. The lowest BCUT2D eigenvalue weighted by atomic mass is 10.0. The van der Waals surface area contributed by atoms with Crippen molar-refractivity contribution >= 4 is 27.8 Å². The summed E-state index contributed by atoms with van der Waals surface area (Å²) in [5.74, 6) is -1.26. The summed E-state index contributed by atoms with van der Waals surface area (Å²) in [6.07, 6.45) is 2.29. The number of carbonyl (C=O) groups is 2. The molecular weight excluding hydrogens is 329 g/mol. The average Bonchev–Trinajstić information content (AvgIpc) is 2.48. The molecule has 0 saturated carbocycles. The van der Waals surface area contributed by atoms with Crippen molar-refractivity contribution in [3.05, 3.63) is 34.1 Å². The molecule has 1 atom stereocenters. The molecule has 0 radical (unpaired) electrons. The third kappa shape index (κ3) is 3.00. The first-order chi connectivity index (χ1) is 9.54. The fourth-order valence-corrected chi connectivity index (χ4v) is 2.60. The zero-order chi connectivity index (χ0) is 14.7. The van der Waals surface area contributed by atoms with E-state index in [1.165, 1.54) is 24.1 Å². The van der Waals surface area contributed by atoms with Crippen molar-refractivity contribution in [2.75, 3.05) is 13.7 Å². The molecule has 1 aliphatic rings. The Labute approximate surface area is 125 Å². The number of amides is 1. The lowest BCUT2D eigenvalue weighted by Crippen LogP contribution is -2.48. The summed E-state index contributed by atoms with van der Waals surface area (Å²) in [7, 11) is 1.30. The number of carbonyl (C=O) groups excluding carboxylic acids is 2. The van der Waals surface area contributed by atoms with E-state index >= 15 is 0 Å². The van der Waals surface area contributed by atoms with Crippen LogP contribution in [0.15, 0.2) is 22.7 Å². The summed E-state index contributed by atoms with van der Waals surface area (Å²) in [6, 6.07) is 3.63. The van der Waals surface area contributed by atoms with Crippen LogP contribution in [-0.2, 0) is 9.53 Å². The molecule has 1 saturated heterocycles. The number of benzene rings is 1. The van der Waals surface area contributed by atoms with Gasteiger partial charge >= 0.3 is 5.97 Å². The Morgan fingerprint density at radius 3 is 2.80 bits per heavy atom. The number of rotatable bonds is 2. The highest BCUT2D eigenvalue weighted by atomic mass is 79.9.